The second-order valence-electron chi connectivity index (χ2n) is 4.46. The predicted octanol–water partition coefficient (Wildman–Crippen LogP) is 4.07. The first-order valence-corrected chi connectivity index (χ1v) is 7.17. The summed E-state index contributed by atoms with van der Waals surface area (Å²) in [4.78, 5) is 0. The van der Waals surface area contributed by atoms with Gasteiger partial charge in [0.2, 0.25) is 0 Å². The van der Waals surface area contributed by atoms with Crippen LogP contribution in [0.25, 0.3) is 10.1 Å². The fourth-order valence-corrected chi connectivity index (χ4v) is 3.03. The van der Waals surface area contributed by atoms with E-state index in [1.807, 2.05) is 42.5 Å². The number of thiophene rings is 1. The zero-order chi connectivity index (χ0) is 13.9. The molecule has 4 heteroatoms. The maximum atomic E-state index is 5.86. The lowest BCUT2D eigenvalue weighted by Crippen LogP contribution is -1.97. The van der Waals surface area contributed by atoms with Crippen LogP contribution in [0.15, 0.2) is 47.8 Å². The third-order valence-corrected chi connectivity index (χ3v) is 4.14. The van der Waals surface area contributed by atoms with Crippen LogP contribution in [0.4, 0.5) is 5.69 Å². The standard InChI is InChI=1S/C16H15NO2S/c1-18-14-4-2-3-5-15(14)19-9-11-10-20-16-7-6-12(17)8-13(11)16/h2-8,10H,9,17H2,1H3. The minimum absolute atomic E-state index is 0.504. The molecule has 2 N–H and O–H groups in total. The lowest BCUT2D eigenvalue weighted by atomic mass is 10.2. The summed E-state index contributed by atoms with van der Waals surface area (Å²) >= 11 is 1.70. The summed E-state index contributed by atoms with van der Waals surface area (Å²) in [5.74, 6) is 1.49. The molecule has 1 aromatic heterocycles. The second kappa shape index (κ2) is 5.43. The van der Waals surface area contributed by atoms with Gasteiger partial charge in [-0.3, -0.25) is 0 Å². The highest BCUT2D eigenvalue weighted by Crippen LogP contribution is 2.31. The lowest BCUT2D eigenvalue weighted by molar-refractivity contribution is 0.286. The van der Waals surface area contributed by atoms with Gasteiger partial charge in [0.05, 0.1) is 7.11 Å². The van der Waals surface area contributed by atoms with Crippen LogP contribution >= 0.6 is 11.3 Å². The molecule has 0 amide bonds. The molecule has 0 fully saturated rings. The molecule has 0 spiro atoms. The topological polar surface area (TPSA) is 44.5 Å². The number of hydrogen-bond acceptors (Lipinski definition) is 4. The van der Waals surface area contributed by atoms with Gasteiger partial charge in [-0.2, -0.15) is 0 Å². The number of benzene rings is 2. The molecule has 20 heavy (non-hydrogen) atoms. The molecular formula is C16H15NO2S. The Morgan fingerprint density at radius 3 is 2.70 bits per heavy atom. The Morgan fingerprint density at radius 2 is 1.90 bits per heavy atom. The van der Waals surface area contributed by atoms with E-state index in [-0.39, 0.29) is 0 Å². The molecule has 3 nitrogen and oxygen atoms in total. The van der Waals surface area contributed by atoms with E-state index in [1.54, 1.807) is 18.4 Å². The maximum absolute atomic E-state index is 5.86. The lowest BCUT2D eigenvalue weighted by Gasteiger charge is -2.09. The highest BCUT2D eigenvalue weighted by Gasteiger charge is 2.07. The van der Waals surface area contributed by atoms with Crippen molar-refractivity contribution in [3.8, 4) is 11.5 Å². The number of para-hydroxylation sites is 2. The number of hydrogen-bond donors (Lipinski definition) is 1. The number of fused-ring (bicyclic) bond motifs is 1. The molecule has 3 aromatic rings. The number of ether oxygens (including phenoxy) is 2. The van der Waals surface area contributed by atoms with Crippen molar-refractivity contribution in [1.82, 2.24) is 0 Å². The van der Waals surface area contributed by atoms with Gasteiger partial charge in [-0.25, -0.2) is 0 Å². The average molecular weight is 285 g/mol. The highest BCUT2D eigenvalue weighted by molar-refractivity contribution is 7.17. The maximum Gasteiger partial charge on any atom is 0.161 e. The fraction of sp³-hybridized carbons (Fsp3) is 0.125. The Balaban J connectivity index is 1.85. The van der Waals surface area contributed by atoms with Crippen molar-refractivity contribution in [2.24, 2.45) is 0 Å². The Labute approximate surface area is 121 Å². The first-order valence-electron chi connectivity index (χ1n) is 6.29. The molecule has 1 heterocycles. The third-order valence-electron chi connectivity index (χ3n) is 3.13. The summed E-state index contributed by atoms with van der Waals surface area (Å²) in [5, 5.41) is 3.27. The quantitative estimate of drug-likeness (QED) is 0.735. The van der Waals surface area contributed by atoms with Crippen molar-refractivity contribution in [3.63, 3.8) is 0 Å². The molecule has 0 bridgehead atoms. The molecule has 0 saturated heterocycles. The van der Waals surface area contributed by atoms with Crippen molar-refractivity contribution < 1.29 is 9.47 Å². The Hall–Kier alpha value is -2.20. The van der Waals surface area contributed by atoms with Crippen LogP contribution in [-0.2, 0) is 6.61 Å². The van der Waals surface area contributed by atoms with Gasteiger partial charge < -0.3 is 15.2 Å². The monoisotopic (exact) mass is 285 g/mol. The van der Waals surface area contributed by atoms with Gasteiger partial charge in [-0.15, -0.1) is 11.3 Å². The molecule has 0 saturated carbocycles. The van der Waals surface area contributed by atoms with Gasteiger partial charge in [0, 0.05) is 21.3 Å². The second-order valence-corrected chi connectivity index (χ2v) is 5.37. The van der Waals surface area contributed by atoms with Crippen molar-refractivity contribution in [2.75, 3.05) is 12.8 Å². The Morgan fingerprint density at radius 1 is 1.10 bits per heavy atom. The van der Waals surface area contributed by atoms with E-state index in [1.165, 1.54) is 4.70 Å². The van der Waals surface area contributed by atoms with Crippen LogP contribution in [-0.4, -0.2) is 7.11 Å². The number of methoxy groups -OCH3 is 1. The molecule has 102 valence electrons. The van der Waals surface area contributed by atoms with E-state index in [2.05, 4.69) is 5.38 Å². The van der Waals surface area contributed by atoms with Crippen LogP contribution in [0.5, 0.6) is 11.5 Å². The van der Waals surface area contributed by atoms with Crippen molar-refractivity contribution >= 4 is 27.1 Å². The SMILES string of the molecule is COc1ccccc1OCc1csc2ccc(N)cc12. The molecular weight excluding hydrogens is 270 g/mol. The largest absolute Gasteiger partial charge is 0.493 e. The fourth-order valence-electron chi connectivity index (χ4n) is 2.10. The van der Waals surface area contributed by atoms with Gasteiger partial charge in [0.15, 0.2) is 11.5 Å². The summed E-state index contributed by atoms with van der Waals surface area (Å²) in [6.07, 6.45) is 0. The minimum Gasteiger partial charge on any atom is -0.493 e. The van der Waals surface area contributed by atoms with E-state index in [0.717, 1.165) is 28.1 Å². The highest BCUT2D eigenvalue weighted by atomic mass is 32.1. The van der Waals surface area contributed by atoms with Crippen LogP contribution in [0.1, 0.15) is 5.56 Å². The van der Waals surface area contributed by atoms with Crippen LogP contribution in [0.2, 0.25) is 0 Å². The van der Waals surface area contributed by atoms with Gasteiger partial charge in [0.1, 0.15) is 6.61 Å². The molecule has 0 unspecified atom stereocenters. The molecule has 0 aliphatic rings. The van der Waals surface area contributed by atoms with Gasteiger partial charge in [-0.05, 0) is 35.7 Å². The normalized spacial score (nSPS) is 10.7. The predicted molar refractivity (Wildman–Crippen MR) is 83.6 cm³/mol. The zero-order valence-corrected chi connectivity index (χ0v) is 11.9. The first-order chi connectivity index (χ1) is 9.78. The molecule has 3 rings (SSSR count). The minimum atomic E-state index is 0.504. The van der Waals surface area contributed by atoms with E-state index in [4.69, 9.17) is 15.2 Å². The average Bonchev–Trinajstić information content (AvgIpc) is 2.87. The van der Waals surface area contributed by atoms with Crippen molar-refractivity contribution in [1.29, 1.82) is 0 Å². The number of nitrogens with two attached hydrogens (primary N) is 1. The smallest absolute Gasteiger partial charge is 0.161 e. The van der Waals surface area contributed by atoms with E-state index in [9.17, 15) is 0 Å². The summed E-state index contributed by atoms with van der Waals surface area (Å²) in [5.41, 5.74) is 7.76. The van der Waals surface area contributed by atoms with Gasteiger partial charge in [-0.1, -0.05) is 12.1 Å². The van der Waals surface area contributed by atoms with E-state index in [0.29, 0.717) is 6.61 Å². The molecule has 2 aromatic carbocycles. The summed E-state index contributed by atoms with van der Waals surface area (Å²) in [6, 6.07) is 13.6. The number of nitrogen functional groups attached to an aromatic ring is 1. The summed E-state index contributed by atoms with van der Waals surface area (Å²) in [7, 11) is 1.64. The first kappa shape index (κ1) is 12.8. The molecule has 0 radical (unpaired) electrons. The van der Waals surface area contributed by atoms with Gasteiger partial charge >= 0.3 is 0 Å². The van der Waals surface area contributed by atoms with Crippen molar-refractivity contribution in [3.05, 3.63) is 53.4 Å². The number of rotatable bonds is 4. The summed E-state index contributed by atoms with van der Waals surface area (Å²) < 4.78 is 12.4. The summed E-state index contributed by atoms with van der Waals surface area (Å²) in [6.45, 7) is 0.504. The van der Waals surface area contributed by atoms with Gasteiger partial charge in [0.25, 0.3) is 0 Å². The molecule has 0 aliphatic heterocycles. The van der Waals surface area contributed by atoms with Crippen LogP contribution in [0, 0.1) is 0 Å². The van der Waals surface area contributed by atoms with E-state index >= 15 is 0 Å². The van der Waals surface area contributed by atoms with Crippen LogP contribution < -0.4 is 15.2 Å². The Bertz CT molecular complexity index is 736. The van der Waals surface area contributed by atoms with Crippen LogP contribution in [0.3, 0.4) is 0 Å². The van der Waals surface area contributed by atoms with E-state index < -0.39 is 0 Å². The number of anilines is 1. The zero-order valence-electron chi connectivity index (χ0n) is 11.1. The third kappa shape index (κ3) is 2.42. The Kier molecular flexibility index (Phi) is 3.48. The molecule has 0 aliphatic carbocycles. The van der Waals surface area contributed by atoms with Crippen molar-refractivity contribution in [2.45, 2.75) is 6.61 Å². The molecule has 0 atom stereocenters.